The molecule has 1 heterocycles. The standard InChI is InChI=1S/C8H11N3O/c1-6-8(11-5-12)3-7(9-2)4-10-6/h3-5,9H,1-2H3,(H,11,12). The van der Waals surface area contributed by atoms with Gasteiger partial charge in [0.2, 0.25) is 6.41 Å². The van der Waals surface area contributed by atoms with E-state index in [1.54, 1.807) is 13.2 Å². The minimum Gasteiger partial charge on any atom is -0.387 e. The highest BCUT2D eigenvalue weighted by Gasteiger charge is 1.98. The Balaban J connectivity index is 2.99. The Bertz CT molecular complexity index is 286. The number of nitrogens with one attached hydrogen (secondary N) is 2. The second kappa shape index (κ2) is 3.71. The van der Waals surface area contributed by atoms with Gasteiger partial charge in [-0.05, 0) is 13.0 Å². The van der Waals surface area contributed by atoms with E-state index in [-0.39, 0.29) is 0 Å². The summed E-state index contributed by atoms with van der Waals surface area (Å²) in [5, 5.41) is 5.50. The molecule has 0 aliphatic rings. The van der Waals surface area contributed by atoms with Crippen LogP contribution in [-0.4, -0.2) is 18.4 Å². The van der Waals surface area contributed by atoms with E-state index in [1.807, 2.05) is 13.0 Å². The maximum absolute atomic E-state index is 10.2. The lowest BCUT2D eigenvalue weighted by Crippen LogP contribution is -1.99. The number of carbonyl (C=O) groups excluding carboxylic acids is 1. The zero-order valence-corrected chi connectivity index (χ0v) is 7.09. The van der Waals surface area contributed by atoms with Crippen LogP contribution in [-0.2, 0) is 4.79 Å². The first kappa shape index (κ1) is 8.52. The molecule has 0 spiro atoms. The molecule has 0 saturated carbocycles. The van der Waals surface area contributed by atoms with Gasteiger partial charge >= 0.3 is 0 Å². The number of hydrogen-bond acceptors (Lipinski definition) is 3. The van der Waals surface area contributed by atoms with Crippen molar-refractivity contribution in [3.63, 3.8) is 0 Å². The Morgan fingerprint density at radius 3 is 2.92 bits per heavy atom. The fourth-order valence-corrected chi connectivity index (χ4v) is 0.879. The minimum atomic E-state index is 0.642. The van der Waals surface area contributed by atoms with E-state index in [0.717, 1.165) is 17.1 Å². The number of hydrogen-bond donors (Lipinski definition) is 2. The summed E-state index contributed by atoms with van der Waals surface area (Å²) in [6, 6.07) is 1.83. The molecule has 2 N–H and O–H groups in total. The van der Waals surface area contributed by atoms with E-state index in [4.69, 9.17) is 0 Å². The number of nitrogens with zero attached hydrogens (tertiary/aromatic N) is 1. The summed E-state index contributed by atoms with van der Waals surface area (Å²) < 4.78 is 0. The van der Waals surface area contributed by atoms with Crippen LogP contribution in [0.1, 0.15) is 5.69 Å². The number of pyridine rings is 1. The van der Waals surface area contributed by atoms with Crippen LogP contribution < -0.4 is 10.6 Å². The molecule has 4 nitrogen and oxygen atoms in total. The van der Waals surface area contributed by atoms with Gasteiger partial charge in [-0.3, -0.25) is 9.78 Å². The van der Waals surface area contributed by atoms with Gasteiger partial charge in [0.15, 0.2) is 0 Å². The maximum Gasteiger partial charge on any atom is 0.211 e. The average Bonchev–Trinajstić information content (AvgIpc) is 2.09. The second-order valence-corrected chi connectivity index (χ2v) is 2.37. The summed E-state index contributed by atoms with van der Waals surface area (Å²) in [5.41, 5.74) is 2.42. The molecule has 0 aliphatic carbocycles. The number of aromatic nitrogens is 1. The van der Waals surface area contributed by atoms with E-state index in [0.29, 0.717) is 6.41 Å². The zero-order valence-electron chi connectivity index (χ0n) is 7.09. The molecule has 1 amide bonds. The van der Waals surface area contributed by atoms with Crippen molar-refractivity contribution in [1.82, 2.24) is 4.98 Å². The molecule has 12 heavy (non-hydrogen) atoms. The monoisotopic (exact) mass is 165 g/mol. The topological polar surface area (TPSA) is 54.0 Å². The van der Waals surface area contributed by atoms with Crippen molar-refractivity contribution in [2.45, 2.75) is 6.92 Å². The summed E-state index contributed by atoms with van der Waals surface area (Å²) in [6.45, 7) is 1.84. The van der Waals surface area contributed by atoms with E-state index in [1.165, 1.54) is 0 Å². The summed E-state index contributed by atoms with van der Waals surface area (Å²) in [6.07, 6.45) is 2.36. The van der Waals surface area contributed by atoms with Gasteiger partial charge in [0, 0.05) is 7.05 Å². The lowest BCUT2D eigenvalue weighted by Gasteiger charge is -2.05. The molecule has 1 aromatic heterocycles. The summed E-state index contributed by atoms with van der Waals surface area (Å²) >= 11 is 0. The number of rotatable bonds is 3. The van der Waals surface area contributed by atoms with Crippen LogP contribution in [0.4, 0.5) is 11.4 Å². The molecule has 1 rings (SSSR count). The lowest BCUT2D eigenvalue weighted by atomic mass is 10.3. The summed E-state index contributed by atoms with van der Waals surface area (Å²) in [5.74, 6) is 0. The van der Waals surface area contributed by atoms with Gasteiger partial charge in [-0.15, -0.1) is 0 Å². The van der Waals surface area contributed by atoms with Crippen LogP contribution in [0.25, 0.3) is 0 Å². The highest BCUT2D eigenvalue weighted by Crippen LogP contribution is 2.15. The SMILES string of the molecule is CNc1cnc(C)c(NC=O)c1. The summed E-state index contributed by atoms with van der Waals surface area (Å²) in [7, 11) is 1.80. The van der Waals surface area contributed by atoms with Crippen molar-refractivity contribution < 1.29 is 4.79 Å². The smallest absolute Gasteiger partial charge is 0.211 e. The van der Waals surface area contributed by atoms with E-state index < -0.39 is 0 Å². The van der Waals surface area contributed by atoms with Crippen molar-refractivity contribution >= 4 is 17.8 Å². The predicted molar refractivity (Wildman–Crippen MR) is 48.2 cm³/mol. The Labute approximate surface area is 71.0 Å². The van der Waals surface area contributed by atoms with Crippen LogP contribution in [0.5, 0.6) is 0 Å². The Morgan fingerprint density at radius 1 is 1.58 bits per heavy atom. The molecule has 4 heteroatoms. The molecule has 0 aliphatic heterocycles. The van der Waals surface area contributed by atoms with Gasteiger partial charge < -0.3 is 10.6 Å². The van der Waals surface area contributed by atoms with E-state index >= 15 is 0 Å². The molecule has 1 aromatic rings. The Kier molecular flexibility index (Phi) is 2.63. The van der Waals surface area contributed by atoms with Crippen molar-refractivity contribution in [1.29, 1.82) is 0 Å². The highest BCUT2D eigenvalue weighted by atomic mass is 16.1. The van der Waals surface area contributed by atoms with Gasteiger partial charge in [-0.2, -0.15) is 0 Å². The Morgan fingerprint density at radius 2 is 2.33 bits per heavy atom. The van der Waals surface area contributed by atoms with Gasteiger partial charge in [-0.25, -0.2) is 0 Å². The van der Waals surface area contributed by atoms with Crippen LogP contribution in [0.2, 0.25) is 0 Å². The van der Waals surface area contributed by atoms with Gasteiger partial charge in [-0.1, -0.05) is 0 Å². The van der Waals surface area contributed by atoms with Crippen molar-refractivity contribution in [3.05, 3.63) is 18.0 Å². The normalized spacial score (nSPS) is 9.17. The number of amides is 1. The third-order valence-electron chi connectivity index (χ3n) is 1.59. The molecule has 0 radical (unpaired) electrons. The van der Waals surface area contributed by atoms with E-state index in [9.17, 15) is 4.79 Å². The van der Waals surface area contributed by atoms with Gasteiger partial charge in [0.1, 0.15) is 0 Å². The molecular formula is C8H11N3O. The first-order valence-electron chi connectivity index (χ1n) is 3.62. The van der Waals surface area contributed by atoms with Crippen LogP contribution >= 0.6 is 0 Å². The largest absolute Gasteiger partial charge is 0.387 e. The minimum absolute atomic E-state index is 0.642. The van der Waals surface area contributed by atoms with Gasteiger partial charge in [0.25, 0.3) is 0 Å². The number of anilines is 2. The molecule has 0 fully saturated rings. The second-order valence-electron chi connectivity index (χ2n) is 2.37. The highest BCUT2D eigenvalue weighted by molar-refractivity contribution is 5.74. The van der Waals surface area contributed by atoms with Gasteiger partial charge in [0.05, 0.1) is 23.3 Å². The third-order valence-corrected chi connectivity index (χ3v) is 1.59. The number of carbonyl (C=O) groups is 1. The molecule has 0 saturated heterocycles. The van der Waals surface area contributed by atoms with Crippen molar-refractivity contribution in [2.75, 3.05) is 17.7 Å². The van der Waals surface area contributed by atoms with Crippen molar-refractivity contribution in [2.24, 2.45) is 0 Å². The van der Waals surface area contributed by atoms with E-state index in [2.05, 4.69) is 15.6 Å². The average molecular weight is 165 g/mol. The number of aryl methyl sites for hydroxylation is 1. The molecule has 64 valence electrons. The van der Waals surface area contributed by atoms with Crippen LogP contribution in [0, 0.1) is 6.92 Å². The zero-order chi connectivity index (χ0) is 8.97. The lowest BCUT2D eigenvalue weighted by molar-refractivity contribution is -0.105. The first-order valence-corrected chi connectivity index (χ1v) is 3.62. The Hall–Kier alpha value is -1.58. The fourth-order valence-electron chi connectivity index (χ4n) is 0.879. The summed E-state index contributed by atoms with van der Waals surface area (Å²) in [4.78, 5) is 14.3. The first-order chi connectivity index (χ1) is 5.77. The van der Waals surface area contributed by atoms with Crippen LogP contribution in [0.15, 0.2) is 12.3 Å². The molecule has 0 aromatic carbocycles. The van der Waals surface area contributed by atoms with Crippen LogP contribution in [0.3, 0.4) is 0 Å². The third kappa shape index (κ3) is 1.72. The maximum atomic E-state index is 10.2. The predicted octanol–water partition coefficient (Wildman–Crippen LogP) is 1.00. The molecule has 0 atom stereocenters. The fraction of sp³-hybridized carbons (Fsp3) is 0.250. The molecule has 0 bridgehead atoms. The van der Waals surface area contributed by atoms with Crippen molar-refractivity contribution in [3.8, 4) is 0 Å². The quantitative estimate of drug-likeness (QED) is 0.657. The molecule has 0 unspecified atom stereocenters. The molecular weight excluding hydrogens is 154 g/mol.